The highest BCUT2D eigenvalue weighted by Gasteiger charge is 2.24. The van der Waals surface area contributed by atoms with E-state index in [1.54, 1.807) is 7.11 Å². The maximum atomic E-state index is 11.2. The molecular formula is C9H18N2O2. The largest absolute Gasteiger partial charge is 0.377 e. The first kappa shape index (κ1) is 10.3. The summed E-state index contributed by atoms with van der Waals surface area (Å²) in [7, 11) is 1.64. The number of carbonyl (C=O) groups excluding carboxylic acids is 1. The fraction of sp³-hybridized carbons (Fsp3) is 0.889. The van der Waals surface area contributed by atoms with Crippen LogP contribution in [-0.2, 0) is 4.74 Å². The van der Waals surface area contributed by atoms with Gasteiger partial charge in [-0.15, -0.1) is 0 Å². The molecule has 1 aliphatic carbocycles. The molecule has 0 aromatic heterocycles. The zero-order valence-corrected chi connectivity index (χ0v) is 8.52. The van der Waals surface area contributed by atoms with E-state index in [0.717, 1.165) is 12.8 Å². The quantitative estimate of drug-likeness (QED) is 0.684. The summed E-state index contributed by atoms with van der Waals surface area (Å²) in [4.78, 5) is 11.2. The first-order chi connectivity index (χ1) is 6.03. The summed E-state index contributed by atoms with van der Waals surface area (Å²) in [6, 6.07) is 0.318. The lowest BCUT2D eigenvalue weighted by Crippen LogP contribution is -2.44. The van der Waals surface area contributed by atoms with Gasteiger partial charge in [-0.1, -0.05) is 0 Å². The van der Waals surface area contributed by atoms with Crippen molar-refractivity contribution in [1.82, 2.24) is 10.6 Å². The molecule has 0 aliphatic heterocycles. The number of amides is 2. The second-order valence-corrected chi connectivity index (χ2v) is 4.07. The summed E-state index contributed by atoms with van der Waals surface area (Å²) in [6.45, 7) is 4.40. The minimum Gasteiger partial charge on any atom is -0.377 e. The van der Waals surface area contributed by atoms with Crippen molar-refractivity contribution in [2.45, 2.75) is 38.3 Å². The Labute approximate surface area is 79.0 Å². The molecule has 0 unspecified atom stereocenters. The Morgan fingerprint density at radius 3 is 2.62 bits per heavy atom. The van der Waals surface area contributed by atoms with E-state index in [9.17, 15) is 4.79 Å². The number of rotatable bonds is 4. The third kappa shape index (κ3) is 4.12. The van der Waals surface area contributed by atoms with Crippen LogP contribution in [-0.4, -0.2) is 31.3 Å². The third-order valence-electron chi connectivity index (χ3n) is 2.14. The Morgan fingerprint density at radius 2 is 2.15 bits per heavy atom. The van der Waals surface area contributed by atoms with E-state index in [4.69, 9.17) is 4.74 Å². The van der Waals surface area contributed by atoms with Crippen molar-refractivity contribution < 1.29 is 9.53 Å². The van der Waals surface area contributed by atoms with Crippen molar-refractivity contribution in [2.24, 2.45) is 0 Å². The molecule has 0 saturated heterocycles. The van der Waals surface area contributed by atoms with Gasteiger partial charge in [0, 0.05) is 19.7 Å². The number of carbonyl (C=O) groups is 1. The monoisotopic (exact) mass is 186 g/mol. The number of hydrogen-bond donors (Lipinski definition) is 2. The highest BCUT2D eigenvalue weighted by atomic mass is 16.5. The molecule has 0 spiro atoms. The fourth-order valence-corrected chi connectivity index (χ4v) is 0.829. The highest BCUT2D eigenvalue weighted by Crippen LogP contribution is 2.18. The predicted molar refractivity (Wildman–Crippen MR) is 50.6 cm³/mol. The smallest absolute Gasteiger partial charge is 0.315 e. The van der Waals surface area contributed by atoms with Gasteiger partial charge in [-0.05, 0) is 26.7 Å². The predicted octanol–water partition coefficient (Wildman–Crippen LogP) is 0.873. The van der Waals surface area contributed by atoms with Gasteiger partial charge in [0.25, 0.3) is 0 Å². The minimum absolute atomic E-state index is 0.0902. The van der Waals surface area contributed by atoms with Crippen molar-refractivity contribution in [3.8, 4) is 0 Å². The SMILES string of the molecule is COC(C)(C)CNC(=O)NC1CC1. The molecule has 1 aliphatic rings. The molecule has 0 atom stereocenters. The number of hydrogen-bond acceptors (Lipinski definition) is 2. The summed E-state index contributed by atoms with van der Waals surface area (Å²) < 4.78 is 5.17. The van der Waals surface area contributed by atoms with E-state index in [-0.39, 0.29) is 11.6 Å². The van der Waals surface area contributed by atoms with E-state index in [1.807, 2.05) is 13.8 Å². The third-order valence-corrected chi connectivity index (χ3v) is 2.14. The number of methoxy groups -OCH3 is 1. The number of urea groups is 1. The average Bonchev–Trinajstić information content (AvgIpc) is 2.85. The van der Waals surface area contributed by atoms with Crippen LogP contribution in [0.25, 0.3) is 0 Å². The van der Waals surface area contributed by atoms with Crippen LogP contribution in [0.15, 0.2) is 0 Å². The standard InChI is InChI=1S/C9H18N2O2/c1-9(2,13-3)6-10-8(12)11-7-4-5-7/h7H,4-6H2,1-3H3,(H2,10,11,12). The molecule has 4 nitrogen and oxygen atoms in total. The average molecular weight is 186 g/mol. The summed E-state index contributed by atoms with van der Waals surface area (Å²) >= 11 is 0. The van der Waals surface area contributed by atoms with Crippen molar-refractivity contribution in [3.05, 3.63) is 0 Å². The fourth-order valence-electron chi connectivity index (χ4n) is 0.829. The van der Waals surface area contributed by atoms with Gasteiger partial charge in [0.15, 0.2) is 0 Å². The minimum atomic E-state index is -0.291. The van der Waals surface area contributed by atoms with E-state index < -0.39 is 0 Å². The first-order valence-electron chi connectivity index (χ1n) is 4.63. The maximum Gasteiger partial charge on any atom is 0.315 e. The second kappa shape index (κ2) is 3.96. The molecule has 0 radical (unpaired) electrons. The summed E-state index contributed by atoms with van der Waals surface area (Å²) in [5, 5.41) is 5.62. The van der Waals surface area contributed by atoms with Crippen molar-refractivity contribution in [3.63, 3.8) is 0 Å². The van der Waals surface area contributed by atoms with Crippen LogP contribution in [0.3, 0.4) is 0 Å². The van der Waals surface area contributed by atoms with E-state index >= 15 is 0 Å². The van der Waals surface area contributed by atoms with Gasteiger partial charge >= 0.3 is 6.03 Å². The van der Waals surface area contributed by atoms with Crippen LogP contribution in [0, 0.1) is 0 Å². The van der Waals surface area contributed by atoms with Crippen LogP contribution >= 0.6 is 0 Å². The molecule has 13 heavy (non-hydrogen) atoms. The van der Waals surface area contributed by atoms with Crippen LogP contribution in [0.5, 0.6) is 0 Å². The number of ether oxygens (including phenoxy) is 1. The molecule has 0 heterocycles. The molecule has 76 valence electrons. The topological polar surface area (TPSA) is 50.4 Å². The molecule has 1 fully saturated rings. The molecule has 0 bridgehead atoms. The van der Waals surface area contributed by atoms with Gasteiger partial charge in [0.1, 0.15) is 0 Å². The van der Waals surface area contributed by atoms with Crippen molar-refractivity contribution in [2.75, 3.05) is 13.7 Å². The first-order valence-corrected chi connectivity index (χ1v) is 4.63. The molecule has 1 saturated carbocycles. The second-order valence-electron chi connectivity index (χ2n) is 4.07. The molecule has 4 heteroatoms. The summed E-state index contributed by atoms with van der Waals surface area (Å²) in [5.41, 5.74) is -0.291. The summed E-state index contributed by atoms with van der Waals surface area (Å²) in [6.07, 6.45) is 2.22. The molecular weight excluding hydrogens is 168 g/mol. The van der Waals surface area contributed by atoms with Gasteiger partial charge in [0.2, 0.25) is 0 Å². The van der Waals surface area contributed by atoms with Crippen LogP contribution in [0.4, 0.5) is 4.79 Å². The van der Waals surface area contributed by atoms with Gasteiger partial charge < -0.3 is 15.4 Å². The van der Waals surface area contributed by atoms with Crippen molar-refractivity contribution >= 4 is 6.03 Å². The van der Waals surface area contributed by atoms with Gasteiger partial charge in [-0.25, -0.2) is 4.79 Å². The Balaban J connectivity index is 2.13. The molecule has 1 rings (SSSR count). The summed E-state index contributed by atoms with van der Waals surface area (Å²) in [5.74, 6) is 0. The lowest BCUT2D eigenvalue weighted by molar-refractivity contribution is 0.0254. The van der Waals surface area contributed by atoms with E-state index in [1.165, 1.54) is 0 Å². The lowest BCUT2D eigenvalue weighted by Gasteiger charge is -2.23. The van der Waals surface area contributed by atoms with Gasteiger partial charge in [-0.3, -0.25) is 0 Å². The Morgan fingerprint density at radius 1 is 1.54 bits per heavy atom. The normalized spacial score (nSPS) is 16.8. The van der Waals surface area contributed by atoms with E-state index in [2.05, 4.69) is 10.6 Å². The zero-order chi connectivity index (χ0) is 9.90. The maximum absolute atomic E-state index is 11.2. The van der Waals surface area contributed by atoms with Crippen LogP contribution in [0.2, 0.25) is 0 Å². The molecule has 2 N–H and O–H groups in total. The highest BCUT2D eigenvalue weighted by molar-refractivity contribution is 5.74. The van der Waals surface area contributed by atoms with Gasteiger partial charge in [0.05, 0.1) is 5.60 Å². The Kier molecular flexibility index (Phi) is 3.14. The van der Waals surface area contributed by atoms with Crippen molar-refractivity contribution in [1.29, 1.82) is 0 Å². The molecule has 2 amide bonds. The Hall–Kier alpha value is -0.770. The lowest BCUT2D eigenvalue weighted by atomic mass is 10.1. The molecule has 0 aromatic carbocycles. The van der Waals surface area contributed by atoms with Gasteiger partial charge in [-0.2, -0.15) is 0 Å². The van der Waals surface area contributed by atoms with E-state index in [0.29, 0.717) is 12.6 Å². The zero-order valence-electron chi connectivity index (χ0n) is 8.52. The van der Waals surface area contributed by atoms with Crippen LogP contribution in [0.1, 0.15) is 26.7 Å². The van der Waals surface area contributed by atoms with Crippen LogP contribution < -0.4 is 10.6 Å². The Bertz CT molecular complexity index is 188. The molecule has 0 aromatic rings. The number of nitrogens with one attached hydrogen (secondary N) is 2.